The predicted octanol–water partition coefficient (Wildman–Crippen LogP) is 8.29. The number of halogens is 7. The molecular weight excluding hydrogens is 599 g/mol. The molecule has 44 heavy (non-hydrogen) atoms. The molecule has 1 aromatic heterocycles. The van der Waals surface area contributed by atoms with Crippen molar-refractivity contribution in [2.75, 3.05) is 13.7 Å². The van der Waals surface area contributed by atoms with Crippen molar-refractivity contribution < 1.29 is 54.3 Å². The molecule has 2 atom stereocenters. The maximum atomic E-state index is 15.4. The fourth-order valence-electron chi connectivity index (χ4n) is 5.72. The van der Waals surface area contributed by atoms with Crippen molar-refractivity contribution in [1.82, 2.24) is 5.16 Å². The van der Waals surface area contributed by atoms with E-state index in [2.05, 4.69) is 9.68 Å². The van der Waals surface area contributed by atoms with Gasteiger partial charge in [0.2, 0.25) is 5.76 Å². The third kappa shape index (κ3) is 5.46. The highest BCUT2D eigenvalue weighted by molar-refractivity contribution is 5.76. The van der Waals surface area contributed by atoms with Gasteiger partial charge in [-0.05, 0) is 41.7 Å². The highest BCUT2D eigenvalue weighted by Crippen LogP contribution is 2.48. The summed E-state index contributed by atoms with van der Waals surface area (Å²) in [5.41, 5.74) is -0.362. The topological polar surface area (TPSA) is 70.8 Å². The molecule has 1 aliphatic carbocycles. The summed E-state index contributed by atoms with van der Waals surface area (Å²) in [6.07, 6.45) is -10.1. The van der Waals surface area contributed by atoms with Crippen molar-refractivity contribution in [2.24, 2.45) is 0 Å². The van der Waals surface area contributed by atoms with Gasteiger partial charge in [0, 0.05) is 34.7 Å². The lowest BCUT2D eigenvalue weighted by Crippen LogP contribution is -2.12. The minimum atomic E-state index is -4.89. The summed E-state index contributed by atoms with van der Waals surface area (Å²) in [7, 11) is 1.29. The number of methoxy groups -OCH3 is 1. The van der Waals surface area contributed by atoms with E-state index in [0.29, 0.717) is 23.6 Å². The van der Waals surface area contributed by atoms with Crippen molar-refractivity contribution in [2.45, 2.75) is 43.6 Å². The van der Waals surface area contributed by atoms with Gasteiger partial charge in [-0.3, -0.25) is 4.79 Å². The molecule has 6 nitrogen and oxygen atoms in total. The SMILES string of the molecule is COC(=O)C[C@@H]1COc2cc(O[C@@H]3CCc4c(-c5ccc(-c6cc(C(F)(F)F)on6)cc5)c(C(F)(F)F)cc(F)c43)ccc21. The van der Waals surface area contributed by atoms with Crippen molar-refractivity contribution >= 4 is 5.97 Å². The zero-order valence-corrected chi connectivity index (χ0v) is 22.8. The lowest BCUT2D eigenvalue weighted by atomic mass is 9.90. The van der Waals surface area contributed by atoms with Crippen LogP contribution < -0.4 is 9.47 Å². The van der Waals surface area contributed by atoms with Crippen LogP contribution in [0.3, 0.4) is 0 Å². The van der Waals surface area contributed by atoms with Crippen molar-refractivity contribution in [3.63, 3.8) is 0 Å². The van der Waals surface area contributed by atoms with E-state index in [4.69, 9.17) is 14.2 Å². The smallest absolute Gasteiger partial charge is 0.452 e. The molecule has 0 radical (unpaired) electrons. The Labute approximate surface area is 245 Å². The quantitative estimate of drug-likeness (QED) is 0.159. The minimum absolute atomic E-state index is 0.00613. The molecule has 6 rings (SSSR count). The van der Waals surface area contributed by atoms with Crippen LogP contribution in [0.15, 0.2) is 59.1 Å². The molecule has 0 amide bonds. The van der Waals surface area contributed by atoms with Crippen LogP contribution >= 0.6 is 0 Å². The van der Waals surface area contributed by atoms with Gasteiger partial charge in [0.15, 0.2) is 0 Å². The first-order valence-corrected chi connectivity index (χ1v) is 13.4. The first-order chi connectivity index (χ1) is 20.8. The Balaban J connectivity index is 1.32. The summed E-state index contributed by atoms with van der Waals surface area (Å²) in [5, 5.41) is 3.40. The van der Waals surface area contributed by atoms with E-state index in [9.17, 15) is 31.1 Å². The second kappa shape index (κ2) is 10.9. The molecule has 13 heteroatoms. The van der Waals surface area contributed by atoms with Gasteiger partial charge in [-0.1, -0.05) is 35.5 Å². The Bertz CT molecular complexity index is 1730. The Morgan fingerprint density at radius 3 is 2.36 bits per heavy atom. The lowest BCUT2D eigenvalue weighted by molar-refractivity contribution is -0.155. The number of fused-ring (bicyclic) bond motifs is 2. The van der Waals surface area contributed by atoms with Gasteiger partial charge in [-0.2, -0.15) is 26.3 Å². The highest BCUT2D eigenvalue weighted by atomic mass is 19.4. The number of esters is 1. The van der Waals surface area contributed by atoms with E-state index in [1.165, 1.54) is 31.4 Å². The number of carbonyl (C=O) groups is 1. The Kier molecular flexibility index (Phi) is 7.29. The van der Waals surface area contributed by atoms with E-state index in [1.54, 1.807) is 18.2 Å². The standard InChI is InChI=1S/C31H22F7NO5/c1-41-27(40)10-17-14-42-25-11-18(6-7-19(17)25)43-24-9-8-20-28(21(30(33,34)35)12-22(32)29(20)24)16-4-2-15(3-5-16)23-13-26(44-39-23)31(36,37)38/h2-7,11-13,17,24H,8-10,14H2,1H3/t17-,24-/m1/s1. The van der Waals surface area contributed by atoms with Crippen LogP contribution in [-0.2, 0) is 28.3 Å². The fraction of sp³-hybridized carbons (Fsp3) is 0.290. The van der Waals surface area contributed by atoms with Gasteiger partial charge >= 0.3 is 18.3 Å². The van der Waals surface area contributed by atoms with Crippen LogP contribution in [0.25, 0.3) is 22.4 Å². The van der Waals surface area contributed by atoms with Gasteiger partial charge in [-0.15, -0.1) is 0 Å². The average molecular weight is 622 g/mol. The molecule has 0 saturated heterocycles. The third-order valence-corrected chi connectivity index (χ3v) is 7.75. The van der Waals surface area contributed by atoms with Crippen molar-refractivity contribution in [3.05, 3.63) is 88.4 Å². The molecule has 230 valence electrons. The third-order valence-electron chi connectivity index (χ3n) is 7.75. The number of benzene rings is 3. The van der Waals surface area contributed by atoms with Gasteiger partial charge in [0.05, 0.1) is 25.7 Å². The number of hydrogen-bond acceptors (Lipinski definition) is 6. The van der Waals surface area contributed by atoms with Gasteiger partial charge < -0.3 is 18.7 Å². The molecule has 0 bridgehead atoms. The fourth-order valence-corrected chi connectivity index (χ4v) is 5.72. The number of aromatic nitrogens is 1. The number of rotatable bonds is 6. The van der Waals surface area contributed by atoms with E-state index in [-0.39, 0.29) is 71.3 Å². The first-order valence-electron chi connectivity index (χ1n) is 13.4. The zero-order chi connectivity index (χ0) is 31.4. The lowest BCUT2D eigenvalue weighted by Gasteiger charge is -2.21. The number of hydrogen-bond donors (Lipinski definition) is 0. The van der Waals surface area contributed by atoms with Crippen LogP contribution in [-0.4, -0.2) is 24.8 Å². The van der Waals surface area contributed by atoms with E-state index >= 15 is 4.39 Å². The summed E-state index contributed by atoms with van der Waals surface area (Å²) in [6.45, 7) is 0.261. The summed E-state index contributed by atoms with van der Waals surface area (Å²) in [5.74, 6) is -2.17. The molecule has 3 aromatic carbocycles. The maximum absolute atomic E-state index is 15.4. The summed E-state index contributed by atoms with van der Waals surface area (Å²) >= 11 is 0. The Morgan fingerprint density at radius 2 is 1.70 bits per heavy atom. The molecule has 0 spiro atoms. The van der Waals surface area contributed by atoms with Gasteiger partial charge in [0.1, 0.15) is 29.1 Å². The predicted molar refractivity (Wildman–Crippen MR) is 140 cm³/mol. The van der Waals surface area contributed by atoms with Crippen molar-refractivity contribution in [1.29, 1.82) is 0 Å². The van der Waals surface area contributed by atoms with Crippen LogP contribution in [0.1, 0.15) is 52.9 Å². The van der Waals surface area contributed by atoms with E-state index in [0.717, 1.165) is 5.56 Å². The second-order valence-corrected chi connectivity index (χ2v) is 10.5. The molecule has 0 N–H and O–H groups in total. The molecule has 2 heterocycles. The molecule has 0 saturated carbocycles. The molecule has 0 fully saturated rings. The second-order valence-electron chi connectivity index (χ2n) is 10.5. The van der Waals surface area contributed by atoms with E-state index in [1.807, 2.05) is 0 Å². The highest BCUT2D eigenvalue weighted by Gasteiger charge is 2.41. The number of nitrogens with zero attached hydrogens (tertiary/aromatic N) is 1. The maximum Gasteiger partial charge on any atom is 0.452 e. The number of ether oxygens (including phenoxy) is 3. The molecule has 2 aliphatic rings. The largest absolute Gasteiger partial charge is 0.492 e. The van der Waals surface area contributed by atoms with Crippen LogP contribution in [0.5, 0.6) is 11.5 Å². The first kappa shape index (κ1) is 29.5. The Morgan fingerprint density at radius 1 is 0.977 bits per heavy atom. The average Bonchev–Trinajstić information content (AvgIpc) is 3.72. The summed E-state index contributed by atoms with van der Waals surface area (Å²) in [4.78, 5) is 11.7. The van der Waals surface area contributed by atoms with Gasteiger partial charge in [-0.25, -0.2) is 4.39 Å². The van der Waals surface area contributed by atoms with Crippen LogP contribution in [0.4, 0.5) is 30.7 Å². The number of carbonyl (C=O) groups excluding carboxylic acids is 1. The van der Waals surface area contributed by atoms with Gasteiger partial charge in [0.25, 0.3) is 0 Å². The van der Waals surface area contributed by atoms with Crippen LogP contribution in [0, 0.1) is 5.82 Å². The molecular formula is C31H22F7NO5. The van der Waals surface area contributed by atoms with Crippen LogP contribution in [0.2, 0.25) is 0 Å². The molecule has 0 unspecified atom stereocenters. The zero-order valence-electron chi connectivity index (χ0n) is 22.8. The van der Waals surface area contributed by atoms with Crippen molar-refractivity contribution in [3.8, 4) is 33.9 Å². The summed E-state index contributed by atoms with van der Waals surface area (Å²) < 4.78 is 117. The number of alkyl halides is 6. The summed E-state index contributed by atoms with van der Waals surface area (Å²) in [6, 6.07) is 11.4. The monoisotopic (exact) mass is 621 g/mol. The molecule has 4 aromatic rings. The normalized spacial score (nSPS) is 17.6. The Hall–Kier alpha value is -4.55. The minimum Gasteiger partial charge on any atom is -0.492 e. The molecule has 1 aliphatic heterocycles. The van der Waals surface area contributed by atoms with E-state index < -0.39 is 35.6 Å².